The van der Waals surface area contributed by atoms with Crippen molar-refractivity contribution in [3.63, 3.8) is 0 Å². The van der Waals surface area contributed by atoms with E-state index >= 15 is 0 Å². The Bertz CT molecular complexity index is 786. The summed E-state index contributed by atoms with van der Waals surface area (Å²) in [5, 5.41) is 9.82. The van der Waals surface area contributed by atoms with E-state index in [9.17, 15) is 9.90 Å². The van der Waals surface area contributed by atoms with Crippen LogP contribution in [-0.2, 0) is 9.53 Å². The smallest absolute Gasteiger partial charge is 0.309 e. The molecule has 0 aromatic heterocycles. The average molecular weight is 421 g/mol. The van der Waals surface area contributed by atoms with Gasteiger partial charge >= 0.3 is 5.97 Å². The summed E-state index contributed by atoms with van der Waals surface area (Å²) in [6, 6.07) is 20.8. The quantitative estimate of drug-likeness (QED) is 0.441. The highest BCUT2D eigenvalue weighted by molar-refractivity contribution is 5.71. The van der Waals surface area contributed by atoms with Crippen molar-refractivity contribution in [1.29, 1.82) is 0 Å². The van der Waals surface area contributed by atoms with Crippen molar-refractivity contribution >= 4 is 5.97 Å². The second-order valence-corrected chi connectivity index (χ2v) is 8.69. The minimum absolute atomic E-state index is 0.0357. The van der Waals surface area contributed by atoms with Gasteiger partial charge in [0, 0.05) is 11.8 Å². The highest BCUT2D eigenvalue weighted by Crippen LogP contribution is 2.35. The van der Waals surface area contributed by atoms with Crippen LogP contribution >= 0.6 is 0 Å². The maximum Gasteiger partial charge on any atom is 0.309 e. The first-order chi connectivity index (χ1) is 15.2. The lowest BCUT2D eigenvalue weighted by atomic mass is 9.81. The topological polar surface area (TPSA) is 46.5 Å². The molecule has 2 aromatic rings. The molecule has 2 aliphatic rings. The van der Waals surface area contributed by atoms with Crippen LogP contribution in [0.4, 0.5) is 0 Å². The fraction of sp³-hybridized carbons (Fsp3) is 0.464. The van der Waals surface area contributed by atoms with E-state index in [4.69, 9.17) is 4.74 Å². The Hall–Kier alpha value is -2.39. The van der Waals surface area contributed by atoms with E-state index in [1.54, 1.807) is 6.08 Å². The van der Waals surface area contributed by atoms with Crippen molar-refractivity contribution < 1.29 is 14.6 Å². The van der Waals surface area contributed by atoms with Crippen molar-refractivity contribution in [3.8, 4) is 0 Å². The molecule has 3 nitrogen and oxygen atoms in total. The Morgan fingerprint density at radius 3 is 1.94 bits per heavy atom. The fourth-order valence-electron chi connectivity index (χ4n) is 4.85. The molecule has 31 heavy (non-hydrogen) atoms. The van der Waals surface area contributed by atoms with Gasteiger partial charge in [0.25, 0.3) is 0 Å². The Morgan fingerprint density at radius 2 is 1.35 bits per heavy atom. The molecular formula is C28H36O3. The van der Waals surface area contributed by atoms with E-state index in [1.807, 2.05) is 24.3 Å². The molecule has 2 saturated carbocycles. The molecule has 0 heterocycles. The number of ether oxygens (including phenoxy) is 1. The van der Waals surface area contributed by atoms with Crippen molar-refractivity contribution in [2.75, 3.05) is 0 Å². The van der Waals surface area contributed by atoms with Gasteiger partial charge in [-0.3, -0.25) is 4.79 Å². The lowest BCUT2D eigenvalue weighted by molar-refractivity contribution is -0.150. The average Bonchev–Trinajstić information content (AvgIpc) is 2.81. The van der Waals surface area contributed by atoms with Crippen LogP contribution < -0.4 is 0 Å². The Balaban J connectivity index is 0.000000185. The number of rotatable bonds is 5. The number of benzene rings is 2. The lowest BCUT2D eigenvalue weighted by Crippen LogP contribution is -2.28. The molecule has 166 valence electrons. The summed E-state index contributed by atoms with van der Waals surface area (Å²) in [4.78, 5) is 11.6. The van der Waals surface area contributed by atoms with E-state index < -0.39 is 0 Å². The molecular weight excluding hydrogens is 384 g/mol. The molecule has 0 saturated heterocycles. The summed E-state index contributed by atoms with van der Waals surface area (Å²) in [5.74, 6) is 0.585. The van der Waals surface area contributed by atoms with Gasteiger partial charge in [0.2, 0.25) is 0 Å². The maximum atomic E-state index is 11.6. The van der Waals surface area contributed by atoms with Gasteiger partial charge < -0.3 is 9.84 Å². The molecule has 0 spiro atoms. The van der Waals surface area contributed by atoms with E-state index in [0.717, 1.165) is 32.1 Å². The van der Waals surface area contributed by atoms with E-state index in [2.05, 4.69) is 43.0 Å². The molecule has 0 bridgehead atoms. The number of hydrogen-bond donors (Lipinski definition) is 1. The summed E-state index contributed by atoms with van der Waals surface area (Å²) in [5.41, 5.74) is 2.59. The van der Waals surface area contributed by atoms with Crippen molar-refractivity contribution in [3.05, 3.63) is 84.4 Å². The molecule has 2 aliphatic carbocycles. The highest BCUT2D eigenvalue weighted by Gasteiger charge is 2.29. The highest BCUT2D eigenvalue weighted by atomic mass is 16.5. The lowest BCUT2D eigenvalue weighted by Gasteiger charge is -2.31. The number of aliphatic hydroxyl groups is 1. The third-order valence-electron chi connectivity index (χ3n) is 6.48. The van der Waals surface area contributed by atoms with Gasteiger partial charge in [0.15, 0.2) is 0 Å². The molecule has 0 amide bonds. The van der Waals surface area contributed by atoms with Gasteiger partial charge in [0.1, 0.15) is 6.10 Å². The number of carbonyl (C=O) groups excluding carboxylic acids is 1. The van der Waals surface area contributed by atoms with Crippen molar-refractivity contribution in [2.24, 2.45) is 0 Å². The van der Waals surface area contributed by atoms with E-state index in [0.29, 0.717) is 18.3 Å². The zero-order chi connectivity index (χ0) is 21.9. The number of hydrogen-bond acceptors (Lipinski definition) is 3. The minimum Gasteiger partial charge on any atom is -0.461 e. The minimum atomic E-state index is -0.155. The van der Waals surface area contributed by atoms with Crippen LogP contribution in [0.5, 0.6) is 0 Å². The zero-order valence-corrected chi connectivity index (χ0v) is 18.5. The number of carbonyl (C=O) groups is 1. The van der Waals surface area contributed by atoms with Crippen LogP contribution in [0.3, 0.4) is 0 Å². The summed E-state index contributed by atoms with van der Waals surface area (Å²) in [6.07, 6.45) is 10.8. The predicted octanol–water partition coefficient (Wildman–Crippen LogP) is 6.54. The standard InChI is InChI=1S/C16H20O2.C12H16O/c1-2-8-16(17)18-15-12-7-6-11-14(15)13-9-4-3-5-10-13;13-12-9-5-4-8-11(12)10-6-2-1-3-7-10/h2-5,9-10,14-15H,1,6-8,11-12H2;1-3,6-7,11-13H,4-5,8-9H2/t14-,15+;11-,12+/m00/s1. The van der Waals surface area contributed by atoms with Crippen LogP contribution in [-0.4, -0.2) is 23.3 Å². The molecule has 3 heteroatoms. The second kappa shape index (κ2) is 12.5. The third-order valence-corrected chi connectivity index (χ3v) is 6.48. The summed E-state index contributed by atoms with van der Waals surface area (Å²) in [6.45, 7) is 3.57. The van der Waals surface area contributed by atoms with Gasteiger partial charge in [-0.2, -0.15) is 0 Å². The van der Waals surface area contributed by atoms with Crippen LogP contribution in [0.15, 0.2) is 73.3 Å². The normalized spacial score (nSPS) is 25.6. The van der Waals surface area contributed by atoms with Crippen molar-refractivity contribution in [1.82, 2.24) is 0 Å². The first kappa shape index (κ1) is 23.3. The summed E-state index contributed by atoms with van der Waals surface area (Å²) >= 11 is 0. The maximum absolute atomic E-state index is 11.6. The van der Waals surface area contributed by atoms with Crippen LogP contribution in [0.2, 0.25) is 0 Å². The van der Waals surface area contributed by atoms with E-state index in [1.165, 1.54) is 30.4 Å². The first-order valence-electron chi connectivity index (χ1n) is 11.8. The van der Waals surface area contributed by atoms with Gasteiger partial charge in [-0.1, -0.05) is 86.0 Å². The van der Waals surface area contributed by atoms with Gasteiger partial charge in [-0.25, -0.2) is 0 Å². The number of aliphatic hydroxyl groups excluding tert-OH is 1. The zero-order valence-electron chi connectivity index (χ0n) is 18.5. The monoisotopic (exact) mass is 420 g/mol. The Kier molecular flexibility index (Phi) is 9.36. The van der Waals surface area contributed by atoms with Crippen LogP contribution in [0.1, 0.15) is 80.8 Å². The summed E-state index contributed by atoms with van der Waals surface area (Å²) in [7, 11) is 0. The second-order valence-electron chi connectivity index (χ2n) is 8.69. The van der Waals surface area contributed by atoms with Gasteiger partial charge in [-0.05, 0) is 43.2 Å². The molecule has 2 aromatic carbocycles. The van der Waals surface area contributed by atoms with Gasteiger partial charge in [0.05, 0.1) is 12.5 Å². The Morgan fingerprint density at radius 1 is 0.839 bits per heavy atom. The molecule has 1 N–H and O–H groups in total. The Labute approximate surface area is 187 Å². The molecule has 0 radical (unpaired) electrons. The SMILES string of the molecule is C=CCC(=O)O[C@@H]1CCCC[C@H]1c1ccccc1.O[C@@H]1CCCC[C@H]1c1ccccc1. The number of esters is 1. The van der Waals surface area contributed by atoms with E-state index in [-0.39, 0.29) is 18.2 Å². The molecule has 0 unspecified atom stereocenters. The van der Waals surface area contributed by atoms with Crippen LogP contribution in [0, 0.1) is 0 Å². The predicted molar refractivity (Wildman–Crippen MR) is 126 cm³/mol. The molecule has 4 rings (SSSR count). The molecule has 0 aliphatic heterocycles. The van der Waals surface area contributed by atoms with Crippen LogP contribution in [0.25, 0.3) is 0 Å². The largest absolute Gasteiger partial charge is 0.461 e. The third kappa shape index (κ3) is 7.07. The van der Waals surface area contributed by atoms with Crippen molar-refractivity contribution in [2.45, 2.75) is 81.8 Å². The summed E-state index contributed by atoms with van der Waals surface area (Å²) < 4.78 is 5.59. The van der Waals surface area contributed by atoms with Gasteiger partial charge in [-0.15, -0.1) is 6.58 Å². The molecule has 4 atom stereocenters. The first-order valence-corrected chi connectivity index (χ1v) is 11.8. The fourth-order valence-corrected chi connectivity index (χ4v) is 4.85. The molecule has 2 fully saturated rings.